The number of hydrogen-bond donors (Lipinski definition) is 1. The quantitative estimate of drug-likeness (QED) is 0.533. The van der Waals surface area contributed by atoms with E-state index in [-0.39, 0.29) is 0 Å². The lowest BCUT2D eigenvalue weighted by Gasteiger charge is -2.10. The average molecular weight is 302 g/mol. The van der Waals surface area contributed by atoms with Gasteiger partial charge in [0.05, 0.1) is 17.7 Å². The number of hydrogen-bond acceptors (Lipinski definition) is 5. The van der Waals surface area contributed by atoms with Gasteiger partial charge in [-0.25, -0.2) is 9.78 Å². The number of thioether (sulfide) groups is 1. The zero-order valence-electron chi connectivity index (χ0n) is 12.3. The highest BCUT2D eigenvalue weighted by Crippen LogP contribution is 2.27. The van der Waals surface area contributed by atoms with Crippen LogP contribution in [0.25, 0.3) is 0 Å². The molecule has 0 saturated heterocycles. The summed E-state index contributed by atoms with van der Waals surface area (Å²) in [5, 5.41) is 0.936. The van der Waals surface area contributed by atoms with Crippen LogP contribution in [0.3, 0.4) is 0 Å². The number of benzene rings is 1. The number of ether oxygens (including phenoxy) is 1. The van der Waals surface area contributed by atoms with E-state index in [1.165, 1.54) is 12.7 Å². The van der Waals surface area contributed by atoms with E-state index in [0.29, 0.717) is 17.0 Å². The predicted octanol–water partition coefficient (Wildman–Crippen LogP) is 3.36. The summed E-state index contributed by atoms with van der Waals surface area (Å²) in [4.78, 5) is 16.3. The van der Waals surface area contributed by atoms with Crippen LogP contribution in [0, 0.1) is 13.8 Å². The number of carbonyl (C=O) groups excluding carboxylic acids is 1. The molecule has 0 bridgehead atoms. The summed E-state index contributed by atoms with van der Waals surface area (Å²) >= 11 is 1.58. The fourth-order valence-corrected chi connectivity index (χ4v) is 3.14. The van der Waals surface area contributed by atoms with Crippen LogP contribution in [-0.4, -0.2) is 18.1 Å². The molecule has 0 aliphatic rings. The molecule has 1 aromatic heterocycles. The highest BCUT2D eigenvalue weighted by atomic mass is 32.2. The van der Waals surface area contributed by atoms with Crippen molar-refractivity contribution >= 4 is 23.4 Å². The van der Waals surface area contributed by atoms with Crippen LogP contribution in [0.4, 0.5) is 5.69 Å². The van der Waals surface area contributed by atoms with Gasteiger partial charge in [0, 0.05) is 17.1 Å². The summed E-state index contributed by atoms with van der Waals surface area (Å²) in [5.41, 5.74) is 9.78. The normalized spacial score (nSPS) is 10.4. The number of methoxy groups -OCH3 is 1. The predicted molar refractivity (Wildman–Crippen MR) is 85.5 cm³/mol. The zero-order valence-corrected chi connectivity index (χ0v) is 13.2. The molecule has 0 aliphatic heterocycles. The first-order chi connectivity index (χ1) is 10.0. The molecule has 1 heterocycles. The van der Waals surface area contributed by atoms with E-state index in [9.17, 15) is 4.79 Å². The van der Waals surface area contributed by atoms with Crippen molar-refractivity contribution in [1.82, 2.24) is 4.98 Å². The summed E-state index contributed by atoms with van der Waals surface area (Å²) < 4.78 is 4.80. The van der Waals surface area contributed by atoms with Crippen LogP contribution in [0.2, 0.25) is 0 Å². The summed E-state index contributed by atoms with van der Waals surface area (Å²) in [7, 11) is 1.36. The first-order valence-corrected chi connectivity index (χ1v) is 7.53. The Kier molecular flexibility index (Phi) is 4.85. The number of nitrogen functional groups attached to an aromatic ring is 1. The fraction of sp³-hybridized carbons (Fsp3) is 0.250. The number of pyridine rings is 1. The number of anilines is 1. The van der Waals surface area contributed by atoms with Gasteiger partial charge in [-0.3, -0.25) is 0 Å². The molecule has 5 heteroatoms. The van der Waals surface area contributed by atoms with Gasteiger partial charge in [-0.1, -0.05) is 12.1 Å². The number of aryl methyl sites for hydroxylation is 2. The van der Waals surface area contributed by atoms with Gasteiger partial charge in [0.15, 0.2) is 0 Å². The Hall–Kier alpha value is -2.01. The Labute approximate surface area is 128 Å². The molecule has 0 amide bonds. The van der Waals surface area contributed by atoms with Crippen LogP contribution >= 0.6 is 11.8 Å². The second-order valence-corrected chi connectivity index (χ2v) is 5.78. The van der Waals surface area contributed by atoms with E-state index in [1.54, 1.807) is 17.8 Å². The molecule has 0 spiro atoms. The lowest BCUT2D eigenvalue weighted by molar-refractivity contribution is 0.0601. The van der Waals surface area contributed by atoms with Crippen LogP contribution < -0.4 is 5.73 Å². The molecule has 2 N–H and O–H groups in total. The second-order valence-electron chi connectivity index (χ2n) is 4.79. The van der Waals surface area contributed by atoms with E-state index in [0.717, 1.165) is 16.3 Å². The minimum Gasteiger partial charge on any atom is -0.465 e. The molecule has 110 valence electrons. The summed E-state index contributed by atoms with van der Waals surface area (Å²) in [6.07, 6.45) is 0. The highest BCUT2D eigenvalue weighted by Gasteiger charge is 2.15. The van der Waals surface area contributed by atoms with Crippen LogP contribution in [0.5, 0.6) is 0 Å². The topological polar surface area (TPSA) is 65.2 Å². The minimum absolute atomic E-state index is 0.405. The van der Waals surface area contributed by atoms with Crippen molar-refractivity contribution in [2.45, 2.75) is 24.6 Å². The number of carbonyl (C=O) groups is 1. The smallest absolute Gasteiger partial charge is 0.340 e. The zero-order chi connectivity index (χ0) is 15.4. The van der Waals surface area contributed by atoms with Crippen LogP contribution in [0.1, 0.15) is 27.2 Å². The maximum absolute atomic E-state index is 11.8. The van der Waals surface area contributed by atoms with Crippen molar-refractivity contribution in [1.29, 1.82) is 0 Å². The van der Waals surface area contributed by atoms with Crippen molar-refractivity contribution < 1.29 is 9.53 Å². The molecule has 0 aliphatic carbocycles. The van der Waals surface area contributed by atoms with Gasteiger partial charge in [-0.05, 0) is 43.2 Å². The SMILES string of the molecule is COC(=O)c1c(N)cccc1CSc1cc(C)cc(C)n1. The molecule has 0 unspecified atom stereocenters. The summed E-state index contributed by atoms with van der Waals surface area (Å²) in [6, 6.07) is 9.49. The summed E-state index contributed by atoms with van der Waals surface area (Å²) in [5.74, 6) is 0.211. The molecule has 0 saturated carbocycles. The van der Waals surface area contributed by atoms with Gasteiger partial charge >= 0.3 is 5.97 Å². The van der Waals surface area contributed by atoms with Crippen molar-refractivity contribution in [3.63, 3.8) is 0 Å². The van der Waals surface area contributed by atoms with E-state index in [4.69, 9.17) is 10.5 Å². The maximum Gasteiger partial charge on any atom is 0.340 e. The average Bonchev–Trinajstić information content (AvgIpc) is 2.43. The third-order valence-electron chi connectivity index (χ3n) is 3.02. The highest BCUT2D eigenvalue weighted by molar-refractivity contribution is 7.98. The Morgan fingerprint density at radius 3 is 2.76 bits per heavy atom. The maximum atomic E-state index is 11.8. The Balaban J connectivity index is 2.24. The van der Waals surface area contributed by atoms with Crippen molar-refractivity contribution in [3.05, 3.63) is 52.7 Å². The number of aromatic nitrogens is 1. The van der Waals surface area contributed by atoms with Gasteiger partial charge in [0.1, 0.15) is 0 Å². The van der Waals surface area contributed by atoms with Gasteiger partial charge in [-0.15, -0.1) is 11.8 Å². The molecule has 21 heavy (non-hydrogen) atoms. The first-order valence-electron chi connectivity index (χ1n) is 6.55. The van der Waals surface area contributed by atoms with E-state index in [2.05, 4.69) is 4.98 Å². The van der Waals surface area contributed by atoms with E-state index < -0.39 is 5.97 Å². The van der Waals surface area contributed by atoms with Crippen molar-refractivity contribution in [2.75, 3.05) is 12.8 Å². The van der Waals surface area contributed by atoms with Gasteiger partial charge < -0.3 is 10.5 Å². The molecule has 0 radical (unpaired) electrons. The number of nitrogens with zero attached hydrogens (tertiary/aromatic N) is 1. The molecule has 2 rings (SSSR count). The van der Waals surface area contributed by atoms with E-state index >= 15 is 0 Å². The van der Waals surface area contributed by atoms with Gasteiger partial charge in [0.25, 0.3) is 0 Å². The van der Waals surface area contributed by atoms with Crippen LogP contribution in [0.15, 0.2) is 35.4 Å². The molecule has 2 aromatic rings. The molecule has 4 nitrogen and oxygen atoms in total. The second kappa shape index (κ2) is 6.63. The number of rotatable bonds is 4. The Bertz CT molecular complexity index is 651. The van der Waals surface area contributed by atoms with Crippen molar-refractivity contribution in [2.24, 2.45) is 0 Å². The van der Waals surface area contributed by atoms with E-state index in [1.807, 2.05) is 38.1 Å². The molecular formula is C16H18N2O2S. The molecule has 1 aromatic carbocycles. The van der Waals surface area contributed by atoms with Gasteiger partial charge in [-0.2, -0.15) is 0 Å². The molecule has 0 atom stereocenters. The van der Waals surface area contributed by atoms with Gasteiger partial charge in [0.2, 0.25) is 0 Å². The number of esters is 1. The monoisotopic (exact) mass is 302 g/mol. The third kappa shape index (κ3) is 3.76. The lowest BCUT2D eigenvalue weighted by atomic mass is 10.1. The van der Waals surface area contributed by atoms with Crippen LogP contribution in [-0.2, 0) is 10.5 Å². The standard InChI is InChI=1S/C16H18N2O2S/c1-10-7-11(2)18-14(8-10)21-9-12-5-4-6-13(17)15(12)16(19)20-3/h4-8H,9,17H2,1-3H3. The first kappa shape index (κ1) is 15.4. The lowest BCUT2D eigenvalue weighted by Crippen LogP contribution is -2.09. The summed E-state index contributed by atoms with van der Waals surface area (Å²) in [6.45, 7) is 4.01. The third-order valence-corrected chi connectivity index (χ3v) is 3.98. The molecule has 0 fully saturated rings. The largest absolute Gasteiger partial charge is 0.465 e. The van der Waals surface area contributed by atoms with Crippen molar-refractivity contribution in [3.8, 4) is 0 Å². The fourth-order valence-electron chi connectivity index (χ4n) is 2.12. The molecular weight excluding hydrogens is 284 g/mol. The Morgan fingerprint density at radius 2 is 2.10 bits per heavy atom. The minimum atomic E-state index is -0.405. The Morgan fingerprint density at radius 1 is 1.33 bits per heavy atom. The number of nitrogens with two attached hydrogens (primary N) is 1.